The van der Waals surface area contributed by atoms with E-state index in [1.165, 1.54) is 0 Å². The molecule has 3 rings (SSSR count). The van der Waals surface area contributed by atoms with Gasteiger partial charge in [0, 0.05) is 49.7 Å². The molecular weight excluding hydrogens is 304 g/mol. The van der Waals surface area contributed by atoms with Crippen molar-refractivity contribution in [2.75, 3.05) is 26.2 Å². The van der Waals surface area contributed by atoms with Gasteiger partial charge in [0.1, 0.15) is 5.76 Å². The summed E-state index contributed by atoms with van der Waals surface area (Å²) >= 11 is 0. The van der Waals surface area contributed by atoms with Gasteiger partial charge in [0.25, 0.3) is 5.91 Å². The van der Waals surface area contributed by atoms with Crippen molar-refractivity contribution < 1.29 is 9.32 Å². The van der Waals surface area contributed by atoms with Gasteiger partial charge in [0.05, 0.1) is 5.56 Å². The standard InChI is InChI=1S/C18H26N4O2/c1-12(2)20-6-8-21(9-7-20)18(23)16-10-13(3)22(15(16)5)17-11-14(4)24-19-17/h10-12H,6-9H2,1-5H3. The van der Waals surface area contributed by atoms with E-state index in [1.807, 2.05) is 42.4 Å². The normalized spacial score (nSPS) is 16.2. The summed E-state index contributed by atoms with van der Waals surface area (Å²) in [5.74, 6) is 1.60. The van der Waals surface area contributed by atoms with Crippen molar-refractivity contribution in [3.63, 3.8) is 0 Å². The Bertz CT molecular complexity index is 736. The first-order chi connectivity index (χ1) is 11.4. The number of nitrogens with zero attached hydrogens (tertiary/aromatic N) is 4. The second kappa shape index (κ2) is 6.43. The van der Waals surface area contributed by atoms with Crippen LogP contribution in [0.4, 0.5) is 0 Å². The van der Waals surface area contributed by atoms with Gasteiger partial charge in [-0.05, 0) is 40.7 Å². The molecule has 2 aromatic heterocycles. The van der Waals surface area contributed by atoms with Gasteiger partial charge in [-0.2, -0.15) is 0 Å². The largest absolute Gasteiger partial charge is 0.360 e. The number of amides is 1. The molecule has 130 valence electrons. The van der Waals surface area contributed by atoms with Crippen molar-refractivity contribution in [1.29, 1.82) is 0 Å². The van der Waals surface area contributed by atoms with Gasteiger partial charge in [0.2, 0.25) is 0 Å². The first kappa shape index (κ1) is 16.8. The second-order valence-corrected chi connectivity index (χ2v) is 6.84. The number of carbonyl (C=O) groups excluding carboxylic acids is 1. The van der Waals surface area contributed by atoms with Gasteiger partial charge in [-0.1, -0.05) is 5.16 Å². The Morgan fingerprint density at radius 2 is 1.79 bits per heavy atom. The number of hydrogen-bond donors (Lipinski definition) is 0. The molecule has 1 fully saturated rings. The van der Waals surface area contributed by atoms with E-state index in [1.54, 1.807) is 0 Å². The summed E-state index contributed by atoms with van der Waals surface area (Å²) < 4.78 is 7.16. The van der Waals surface area contributed by atoms with Crippen LogP contribution in [0.25, 0.3) is 5.82 Å². The number of carbonyl (C=O) groups is 1. The Labute approximate surface area is 143 Å². The molecule has 0 saturated carbocycles. The summed E-state index contributed by atoms with van der Waals surface area (Å²) in [6.45, 7) is 13.7. The van der Waals surface area contributed by atoms with Gasteiger partial charge < -0.3 is 9.42 Å². The molecule has 0 atom stereocenters. The van der Waals surface area contributed by atoms with E-state index in [9.17, 15) is 4.79 Å². The highest BCUT2D eigenvalue weighted by molar-refractivity contribution is 5.96. The summed E-state index contributed by atoms with van der Waals surface area (Å²) in [4.78, 5) is 17.3. The molecule has 24 heavy (non-hydrogen) atoms. The summed E-state index contributed by atoms with van der Waals surface area (Å²) in [5.41, 5.74) is 2.66. The molecule has 2 aromatic rings. The maximum Gasteiger partial charge on any atom is 0.255 e. The third kappa shape index (κ3) is 2.98. The van der Waals surface area contributed by atoms with Crippen molar-refractivity contribution in [1.82, 2.24) is 19.5 Å². The molecule has 3 heterocycles. The minimum Gasteiger partial charge on any atom is -0.360 e. The number of piperazine rings is 1. The molecule has 0 radical (unpaired) electrons. The van der Waals surface area contributed by atoms with Gasteiger partial charge in [-0.15, -0.1) is 0 Å². The highest BCUT2D eigenvalue weighted by atomic mass is 16.5. The van der Waals surface area contributed by atoms with Crippen LogP contribution in [0, 0.1) is 20.8 Å². The molecule has 0 aliphatic carbocycles. The first-order valence-electron chi connectivity index (χ1n) is 8.54. The van der Waals surface area contributed by atoms with Crippen LogP contribution in [0.2, 0.25) is 0 Å². The minimum absolute atomic E-state index is 0.109. The highest BCUT2D eigenvalue weighted by Gasteiger charge is 2.26. The minimum atomic E-state index is 0.109. The lowest BCUT2D eigenvalue weighted by molar-refractivity contribution is 0.0595. The Hall–Kier alpha value is -2.08. The van der Waals surface area contributed by atoms with Crippen molar-refractivity contribution in [2.24, 2.45) is 0 Å². The molecule has 1 amide bonds. The smallest absolute Gasteiger partial charge is 0.255 e. The van der Waals surface area contributed by atoms with Gasteiger partial charge >= 0.3 is 0 Å². The van der Waals surface area contributed by atoms with Gasteiger partial charge in [-0.3, -0.25) is 14.3 Å². The summed E-state index contributed by atoms with van der Waals surface area (Å²) in [6.07, 6.45) is 0. The van der Waals surface area contributed by atoms with E-state index in [4.69, 9.17) is 4.52 Å². The summed E-state index contributed by atoms with van der Waals surface area (Å²) in [7, 11) is 0. The molecule has 0 aromatic carbocycles. The topological polar surface area (TPSA) is 54.5 Å². The predicted octanol–water partition coefficient (Wildman–Crippen LogP) is 2.56. The zero-order chi connectivity index (χ0) is 17.4. The zero-order valence-electron chi connectivity index (χ0n) is 15.2. The quantitative estimate of drug-likeness (QED) is 0.868. The Morgan fingerprint density at radius 1 is 1.12 bits per heavy atom. The Morgan fingerprint density at radius 3 is 2.33 bits per heavy atom. The number of aryl methyl sites for hydroxylation is 2. The summed E-state index contributed by atoms with van der Waals surface area (Å²) in [5, 5.41) is 4.08. The maximum atomic E-state index is 12.9. The average molecular weight is 330 g/mol. The van der Waals surface area contributed by atoms with E-state index in [-0.39, 0.29) is 5.91 Å². The van der Waals surface area contributed by atoms with Gasteiger partial charge in [0.15, 0.2) is 5.82 Å². The van der Waals surface area contributed by atoms with E-state index in [0.29, 0.717) is 6.04 Å². The van der Waals surface area contributed by atoms with Crippen LogP contribution in [0.15, 0.2) is 16.7 Å². The first-order valence-corrected chi connectivity index (χ1v) is 8.54. The van der Waals surface area contributed by atoms with Crippen LogP contribution < -0.4 is 0 Å². The SMILES string of the molecule is Cc1cc(-n2c(C)cc(C(=O)N3CCN(C(C)C)CC3)c2C)no1. The van der Waals surface area contributed by atoms with Crippen LogP contribution in [0.5, 0.6) is 0 Å². The number of aromatic nitrogens is 2. The molecular formula is C18H26N4O2. The molecule has 1 aliphatic heterocycles. The molecule has 6 nitrogen and oxygen atoms in total. The monoisotopic (exact) mass is 330 g/mol. The van der Waals surface area contributed by atoms with Crippen molar-refractivity contribution in [3.8, 4) is 5.82 Å². The van der Waals surface area contributed by atoms with Crippen molar-refractivity contribution in [3.05, 3.63) is 34.8 Å². The molecule has 1 aliphatic rings. The molecule has 0 bridgehead atoms. The van der Waals surface area contributed by atoms with E-state index < -0.39 is 0 Å². The Balaban J connectivity index is 1.82. The fourth-order valence-corrected chi connectivity index (χ4v) is 3.40. The third-order valence-electron chi connectivity index (χ3n) is 4.84. The van der Waals surface area contributed by atoms with E-state index in [2.05, 4.69) is 23.9 Å². The zero-order valence-corrected chi connectivity index (χ0v) is 15.2. The van der Waals surface area contributed by atoms with Crippen LogP contribution >= 0.6 is 0 Å². The fourth-order valence-electron chi connectivity index (χ4n) is 3.40. The summed E-state index contributed by atoms with van der Waals surface area (Å²) in [6, 6.07) is 4.37. The number of hydrogen-bond acceptors (Lipinski definition) is 4. The lowest BCUT2D eigenvalue weighted by Crippen LogP contribution is -2.50. The fraction of sp³-hybridized carbons (Fsp3) is 0.556. The van der Waals surface area contributed by atoms with Crippen LogP contribution in [-0.2, 0) is 0 Å². The van der Waals surface area contributed by atoms with Crippen LogP contribution in [-0.4, -0.2) is 57.7 Å². The second-order valence-electron chi connectivity index (χ2n) is 6.84. The van der Waals surface area contributed by atoms with Crippen molar-refractivity contribution in [2.45, 2.75) is 40.7 Å². The lowest BCUT2D eigenvalue weighted by Gasteiger charge is -2.36. The highest BCUT2D eigenvalue weighted by Crippen LogP contribution is 2.22. The lowest BCUT2D eigenvalue weighted by atomic mass is 10.2. The van der Waals surface area contributed by atoms with Crippen molar-refractivity contribution >= 4 is 5.91 Å². The van der Waals surface area contributed by atoms with E-state index >= 15 is 0 Å². The van der Waals surface area contributed by atoms with Crippen LogP contribution in [0.3, 0.4) is 0 Å². The molecule has 6 heteroatoms. The molecule has 0 unspecified atom stereocenters. The Kier molecular flexibility index (Phi) is 4.49. The molecule has 0 N–H and O–H groups in total. The van der Waals surface area contributed by atoms with E-state index in [0.717, 1.165) is 54.7 Å². The molecule has 1 saturated heterocycles. The molecule has 0 spiro atoms. The average Bonchev–Trinajstić information content (AvgIpc) is 3.09. The predicted molar refractivity (Wildman–Crippen MR) is 92.7 cm³/mol. The third-order valence-corrected chi connectivity index (χ3v) is 4.84. The number of rotatable bonds is 3. The maximum absolute atomic E-state index is 12.9. The van der Waals surface area contributed by atoms with Crippen LogP contribution in [0.1, 0.15) is 41.4 Å². The van der Waals surface area contributed by atoms with Gasteiger partial charge in [-0.25, -0.2) is 0 Å².